The fourth-order valence-corrected chi connectivity index (χ4v) is 1.71. The molecule has 0 atom stereocenters. The van der Waals surface area contributed by atoms with Gasteiger partial charge in [0.25, 0.3) is 0 Å². The van der Waals surface area contributed by atoms with Crippen molar-refractivity contribution in [1.82, 2.24) is 0 Å². The molecule has 0 fully saturated rings. The summed E-state index contributed by atoms with van der Waals surface area (Å²) in [7, 11) is 0. The van der Waals surface area contributed by atoms with E-state index in [0.717, 1.165) is 0 Å². The number of carboxylic acids is 1. The Morgan fingerprint density at radius 1 is 1.38 bits per heavy atom. The fraction of sp³-hybridized carbons (Fsp3) is 0.200. The number of hydrogen-bond acceptors (Lipinski definition) is 4. The van der Waals surface area contributed by atoms with Crippen LogP contribution in [0.25, 0.3) is 0 Å². The van der Waals surface area contributed by atoms with Gasteiger partial charge in [-0.1, -0.05) is 11.6 Å². The minimum absolute atomic E-state index is 0.0386. The Bertz CT molecular complexity index is 469. The van der Waals surface area contributed by atoms with E-state index in [2.05, 4.69) is 0 Å². The average Bonchev–Trinajstić information content (AvgIpc) is 2.28. The van der Waals surface area contributed by atoms with Crippen LogP contribution in [-0.4, -0.2) is 30.6 Å². The number of carboxylic acid groups (broad SMARTS) is 1. The molecule has 5 nitrogen and oxygen atoms in total. The molecular weight excluding hydrogens is 236 g/mol. The second kappa shape index (κ2) is 4.02. The van der Waals surface area contributed by atoms with Gasteiger partial charge in [-0.2, -0.15) is 0 Å². The normalized spacial score (nSPS) is 13.3. The number of halogens is 1. The van der Waals surface area contributed by atoms with Gasteiger partial charge < -0.3 is 14.6 Å². The third-order valence-corrected chi connectivity index (χ3v) is 2.46. The molecular formula is C10H7ClO5. The summed E-state index contributed by atoms with van der Waals surface area (Å²) in [5.41, 5.74) is 0.00617. The van der Waals surface area contributed by atoms with Gasteiger partial charge in [0.15, 0.2) is 17.8 Å². The van der Waals surface area contributed by atoms with Crippen LogP contribution in [0.15, 0.2) is 6.07 Å². The summed E-state index contributed by atoms with van der Waals surface area (Å²) in [6.07, 6.45) is 0.515. The first-order chi connectivity index (χ1) is 7.65. The van der Waals surface area contributed by atoms with Gasteiger partial charge in [0, 0.05) is 0 Å². The van der Waals surface area contributed by atoms with Gasteiger partial charge in [-0.25, -0.2) is 4.79 Å². The third kappa shape index (κ3) is 1.59. The molecule has 1 aromatic rings. The lowest BCUT2D eigenvalue weighted by Gasteiger charge is -2.21. The molecule has 1 aromatic carbocycles. The Morgan fingerprint density at radius 2 is 2.00 bits per heavy atom. The summed E-state index contributed by atoms with van der Waals surface area (Å²) in [5, 5.41) is 8.98. The first-order valence-corrected chi connectivity index (χ1v) is 4.83. The highest BCUT2D eigenvalue weighted by Crippen LogP contribution is 2.40. The molecule has 6 heteroatoms. The van der Waals surface area contributed by atoms with Gasteiger partial charge in [-0.3, -0.25) is 4.79 Å². The molecule has 0 spiro atoms. The highest BCUT2D eigenvalue weighted by atomic mass is 35.5. The SMILES string of the molecule is O=Cc1c(Cl)cc(C(=O)O)c2c1OCCO2. The van der Waals surface area contributed by atoms with Crippen molar-refractivity contribution in [3.63, 3.8) is 0 Å². The van der Waals surface area contributed by atoms with E-state index in [-0.39, 0.29) is 40.9 Å². The molecule has 0 bridgehead atoms. The van der Waals surface area contributed by atoms with E-state index in [1.807, 2.05) is 0 Å². The quantitative estimate of drug-likeness (QED) is 0.798. The van der Waals surface area contributed by atoms with Crippen molar-refractivity contribution >= 4 is 23.9 Å². The molecule has 0 unspecified atom stereocenters. The van der Waals surface area contributed by atoms with Crippen molar-refractivity contribution in [2.24, 2.45) is 0 Å². The predicted molar refractivity (Wildman–Crippen MR) is 54.8 cm³/mol. The summed E-state index contributed by atoms with van der Waals surface area (Å²) >= 11 is 5.78. The molecule has 0 saturated heterocycles. The molecule has 1 aliphatic heterocycles. The summed E-state index contributed by atoms with van der Waals surface area (Å²) in [5.74, 6) is -1.02. The van der Waals surface area contributed by atoms with Crippen LogP contribution >= 0.6 is 11.6 Å². The van der Waals surface area contributed by atoms with Crippen molar-refractivity contribution in [2.75, 3.05) is 13.2 Å². The van der Waals surface area contributed by atoms with Crippen LogP contribution in [0.2, 0.25) is 5.02 Å². The highest BCUT2D eigenvalue weighted by Gasteiger charge is 2.25. The molecule has 0 amide bonds. The Balaban J connectivity index is 2.71. The topological polar surface area (TPSA) is 72.8 Å². The van der Waals surface area contributed by atoms with Crippen LogP contribution < -0.4 is 9.47 Å². The number of ether oxygens (including phenoxy) is 2. The summed E-state index contributed by atoms with van der Waals surface area (Å²) in [4.78, 5) is 21.8. The second-order valence-electron chi connectivity index (χ2n) is 3.10. The fourth-order valence-electron chi connectivity index (χ4n) is 1.47. The van der Waals surface area contributed by atoms with Crippen LogP contribution in [0.4, 0.5) is 0 Å². The number of hydrogen-bond donors (Lipinski definition) is 1. The Kier molecular flexibility index (Phi) is 2.70. The lowest BCUT2D eigenvalue weighted by molar-refractivity contribution is 0.0685. The highest BCUT2D eigenvalue weighted by molar-refractivity contribution is 6.33. The molecule has 0 radical (unpaired) electrons. The molecule has 0 aliphatic carbocycles. The van der Waals surface area contributed by atoms with E-state index in [1.165, 1.54) is 6.07 Å². The molecule has 2 rings (SSSR count). The van der Waals surface area contributed by atoms with Crippen LogP contribution in [0.1, 0.15) is 20.7 Å². The van der Waals surface area contributed by atoms with Gasteiger partial charge in [0.2, 0.25) is 0 Å². The maximum atomic E-state index is 10.9. The zero-order valence-corrected chi connectivity index (χ0v) is 8.78. The van der Waals surface area contributed by atoms with Crippen LogP contribution in [-0.2, 0) is 0 Å². The molecule has 1 heterocycles. The molecule has 0 aromatic heterocycles. The Morgan fingerprint density at radius 3 is 2.56 bits per heavy atom. The molecule has 0 saturated carbocycles. The average molecular weight is 243 g/mol. The number of benzene rings is 1. The summed E-state index contributed by atoms with van der Waals surface area (Å²) in [6, 6.07) is 1.18. The predicted octanol–water partition coefficient (Wildman–Crippen LogP) is 1.62. The monoisotopic (exact) mass is 242 g/mol. The molecule has 84 valence electrons. The number of aldehydes is 1. The number of carbonyl (C=O) groups is 2. The van der Waals surface area contributed by atoms with E-state index in [0.29, 0.717) is 6.29 Å². The maximum Gasteiger partial charge on any atom is 0.339 e. The number of fused-ring (bicyclic) bond motifs is 1. The van der Waals surface area contributed by atoms with Gasteiger partial charge in [0.05, 0.1) is 10.6 Å². The third-order valence-electron chi connectivity index (χ3n) is 2.15. The summed E-state index contributed by atoms with van der Waals surface area (Å²) < 4.78 is 10.4. The van der Waals surface area contributed by atoms with E-state index < -0.39 is 5.97 Å². The van der Waals surface area contributed by atoms with Crippen LogP contribution in [0.3, 0.4) is 0 Å². The first-order valence-electron chi connectivity index (χ1n) is 4.45. The zero-order chi connectivity index (χ0) is 11.7. The number of rotatable bonds is 2. The van der Waals surface area contributed by atoms with E-state index in [9.17, 15) is 9.59 Å². The standard InChI is InChI=1S/C10H7ClO5/c11-7-3-5(10(13)14)8-9(6(7)4-12)16-2-1-15-8/h3-4H,1-2H2,(H,13,14). The lowest BCUT2D eigenvalue weighted by atomic mass is 10.1. The summed E-state index contributed by atoms with van der Waals surface area (Å²) in [6.45, 7) is 0.500. The van der Waals surface area contributed by atoms with Gasteiger partial charge in [-0.05, 0) is 6.07 Å². The van der Waals surface area contributed by atoms with Gasteiger partial charge in [0.1, 0.15) is 18.8 Å². The van der Waals surface area contributed by atoms with E-state index in [1.54, 1.807) is 0 Å². The largest absolute Gasteiger partial charge is 0.485 e. The van der Waals surface area contributed by atoms with Crippen molar-refractivity contribution in [2.45, 2.75) is 0 Å². The van der Waals surface area contributed by atoms with Crippen LogP contribution in [0.5, 0.6) is 11.5 Å². The van der Waals surface area contributed by atoms with E-state index >= 15 is 0 Å². The molecule has 1 aliphatic rings. The maximum absolute atomic E-state index is 10.9. The van der Waals surface area contributed by atoms with Crippen molar-refractivity contribution in [3.05, 3.63) is 22.2 Å². The number of aromatic carboxylic acids is 1. The zero-order valence-electron chi connectivity index (χ0n) is 8.03. The van der Waals surface area contributed by atoms with Crippen molar-refractivity contribution in [1.29, 1.82) is 0 Å². The molecule has 16 heavy (non-hydrogen) atoms. The second-order valence-corrected chi connectivity index (χ2v) is 3.51. The minimum Gasteiger partial charge on any atom is -0.485 e. The van der Waals surface area contributed by atoms with Gasteiger partial charge >= 0.3 is 5.97 Å². The minimum atomic E-state index is -1.18. The van der Waals surface area contributed by atoms with Crippen molar-refractivity contribution in [3.8, 4) is 11.5 Å². The first kappa shape index (κ1) is 10.8. The molecule has 1 N–H and O–H groups in total. The Hall–Kier alpha value is -1.75. The number of carbonyl (C=O) groups excluding carboxylic acids is 1. The van der Waals surface area contributed by atoms with Crippen LogP contribution in [0, 0.1) is 0 Å². The Labute approximate surface area is 95.5 Å². The van der Waals surface area contributed by atoms with Crippen molar-refractivity contribution < 1.29 is 24.2 Å². The van der Waals surface area contributed by atoms with Gasteiger partial charge in [-0.15, -0.1) is 0 Å². The van der Waals surface area contributed by atoms with E-state index in [4.69, 9.17) is 26.2 Å². The lowest BCUT2D eigenvalue weighted by Crippen LogP contribution is -2.19. The smallest absolute Gasteiger partial charge is 0.339 e.